The van der Waals surface area contributed by atoms with Gasteiger partial charge in [-0.2, -0.15) is 0 Å². The first kappa shape index (κ1) is 15.5. The Bertz CT molecular complexity index is 379. The third-order valence-electron chi connectivity index (χ3n) is 2.77. The van der Waals surface area contributed by atoms with Gasteiger partial charge in [0, 0.05) is 7.11 Å². The fraction of sp³-hybridized carbons (Fsp3) is 0.500. The van der Waals surface area contributed by atoms with Crippen molar-refractivity contribution >= 4 is 5.91 Å². The predicted octanol–water partition coefficient (Wildman–Crippen LogP) is 1.41. The Morgan fingerprint density at radius 3 is 2.58 bits per heavy atom. The zero-order valence-electron chi connectivity index (χ0n) is 11.5. The Labute approximate surface area is 114 Å². The van der Waals surface area contributed by atoms with Gasteiger partial charge in [-0.1, -0.05) is 25.5 Å². The lowest BCUT2D eigenvalue weighted by molar-refractivity contribution is -0.130. The number of unbranched alkanes of at least 4 members (excludes halogenated alkanes) is 1. The molecule has 0 spiro atoms. The molecule has 1 atom stereocenters. The number of benzene rings is 1. The second-order valence-corrected chi connectivity index (χ2v) is 4.32. The minimum absolute atomic E-state index is 0.153. The Morgan fingerprint density at radius 1 is 1.37 bits per heavy atom. The molecule has 0 saturated heterocycles. The monoisotopic (exact) mass is 266 g/mol. The van der Waals surface area contributed by atoms with Gasteiger partial charge in [-0.05, 0) is 30.5 Å². The van der Waals surface area contributed by atoms with Crippen LogP contribution in [0.4, 0.5) is 0 Å². The molecular weight excluding hydrogens is 244 g/mol. The molecule has 1 aromatic rings. The molecule has 0 radical (unpaired) electrons. The van der Waals surface area contributed by atoms with Crippen molar-refractivity contribution in [3.8, 4) is 5.75 Å². The second kappa shape index (κ2) is 8.50. The summed E-state index contributed by atoms with van der Waals surface area (Å²) in [5.41, 5.74) is 3.33. The van der Waals surface area contributed by atoms with Crippen molar-refractivity contribution in [1.29, 1.82) is 0 Å². The van der Waals surface area contributed by atoms with Crippen molar-refractivity contribution in [2.45, 2.75) is 32.3 Å². The van der Waals surface area contributed by atoms with E-state index in [1.807, 2.05) is 24.3 Å². The molecule has 0 saturated carbocycles. The fourth-order valence-electron chi connectivity index (χ4n) is 1.69. The average Bonchev–Trinajstić information content (AvgIpc) is 2.45. The van der Waals surface area contributed by atoms with Crippen LogP contribution in [0.15, 0.2) is 24.3 Å². The Balaban J connectivity index is 2.61. The van der Waals surface area contributed by atoms with Crippen LogP contribution in [0.25, 0.3) is 0 Å². The normalized spacial score (nSPS) is 11.9. The molecule has 19 heavy (non-hydrogen) atoms. The molecule has 3 N–H and O–H groups in total. The largest absolute Gasteiger partial charge is 0.478 e. The first-order valence-corrected chi connectivity index (χ1v) is 6.46. The molecule has 5 nitrogen and oxygen atoms in total. The number of carbonyl (C=O) groups is 1. The van der Waals surface area contributed by atoms with Crippen molar-refractivity contribution in [2.24, 2.45) is 5.84 Å². The van der Waals surface area contributed by atoms with Crippen LogP contribution in [0.2, 0.25) is 0 Å². The van der Waals surface area contributed by atoms with E-state index >= 15 is 0 Å². The summed E-state index contributed by atoms with van der Waals surface area (Å²) in [6.07, 6.45) is 2.66. The fourth-order valence-corrected chi connectivity index (χ4v) is 1.69. The van der Waals surface area contributed by atoms with Gasteiger partial charge in [0.2, 0.25) is 6.10 Å². The lowest BCUT2D eigenvalue weighted by Crippen LogP contribution is -2.44. The highest BCUT2D eigenvalue weighted by atomic mass is 16.5. The van der Waals surface area contributed by atoms with Gasteiger partial charge in [0.25, 0.3) is 5.91 Å². The zero-order valence-corrected chi connectivity index (χ0v) is 11.5. The van der Waals surface area contributed by atoms with Gasteiger partial charge in [0.15, 0.2) is 0 Å². The highest BCUT2D eigenvalue weighted by molar-refractivity contribution is 5.80. The van der Waals surface area contributed by atoms with E-state index in [0.29, 0.717) is 5.75 Å². The topological polar surface area (TPSA) is 73.6 Å². The van der Waals surface area contributed by atoms with E-state index in [0.717, 1.165) is 6.42 Å². The molecule has 1 unspecified atom stereocenters. The van der Waals surface area contributed by atoms with Crippen LogP contribution in [0, 0.1) is 0 Å². The summed E-state index contributed by atoms with van der Waals surface area (Å²) in [6, 6.07) is 7.74. The van der Waals surface area contributed by atoms with E-state index < -0.39 is 12.0 Å². The number of aryl methyl sites for hydroxylation is 1. The van der Waals surface area contributed by atoms with Crippen molar-refractivity contribution < 1.29 is 14.3 Å². The third kappa shape index (κ3) is 5.28. The molecule has 0 aliphatic rings. The molecule has 5 heteroatoms. The number of rotatable bonds is 8. The van der Waals surface area contributed by atoms with Gasteiger partial charge in [-0.25, -0.2) is 5.84 Å². The Kier molecular flexibility index (Phi) is 6.92. The summed E-state index contributed by atoms with van der Waals surface area (Å²) in [4.78, 5) is 11.5. The van der Waals surface area contributed by atoms with E-state index in [4.69, 9.17) is 15.3 Å². The highest BCUT2D eigenvalue weighted by Gasteiger charge is 2.19. The van der Waals surface area contributed by atoms with Crippen LogP contribution in [0.5, 0.6) is 5.75 Å². The molecule has 0 heterocycles. The van der Waals surface area contributed by atoms with Gasteiger partial charge in [0.05, 0.1) is 6.61 Å². The first-order valence-electron chi connectivity index (χ1n) is 6.46. The van der Waals surface area contributed by atoms with Gasteiger partial charge < -0.3 is 9.47 Å². The summed E-state index contributed by atoms with van der Waals surface area (Å²) in [6.45, 7) is 2.32. The number of hydrazine groups is 1. The van der Waals surface area contributed by atoms with Gasteiger partial charge in [-0.15, -0.1) is 0 Å². The van der Waals surface area contributed by atoms with Crippen LogP contribution in [-0.4, -0.2) is 25.7 Å². The maximum absolute atomic E-state index is 11.5. The number of amides is 1. The first-order chi connectivity index (χ1) is 9.21. The third-order valence-corrected chi connectivity index (χ3v) is 2.77. The standard InChI is InChI=1S/C14H22N2O3/c1-3-4-5-11-6-8-12(9-7-11)19-13(10-18-2)14(17)16-15/h6-9,13H,3-5,10,15H2,1-2H3,(H,16,17). The Morgan fingerprint density at radius 2 is 2.05 bits per heavy atom. The summed E-state index contributed by atoms with van der Waals surface area (Å²) in [5.74, 6) is 5.33. The van der Waals surface area contributed by atoms with Gasteiger partial charge in [0.1, 0.15) is 5.75 Å². The van der Waals surface area contributed by atoms with Crippen molar-refractivity contribution in [3.63, 3.8) is 0 Å². The molecule has 0 fully saturated rings. The van der Waals surface area contributed by atoms with E-state index in [2.05, 4.69) is 12.3 Å². The molecule has 0 aliphatic heterocycles. The van der Waals surface area contributed by atoms with E-state index in [-0.39, 0.29) is 6.61 Å². The molecular formula is C14H22N2O3. The smallest absolute Gasteiger partial charge is 0.277 e. The number of hydrogen-bond donors (Lipinski definition) is 2. The Hall–Kier alpha value is -1.59. The van der Waals surface area contributed by atoms with Gasteiger partial charge in [-0.3, -0.25) is 10.2 Å². The molecule has 1 aromatic carbocycles. The number of nitrogens with two attached hydrogens (primary N) is 1. The van der Waals surface area contributed by atoms with E-state index in [1.54, 1.807) is 0 Å². The maximum Gasteiger partial charge on any atom is 0.277 e. The average molecular weight is 266 g/mol. The number of carbonyl (C=O) groups excluding carboxylic acids is 1. The summed E-state index contributed by atoms with van der Waals surface area (Å²) < 4.78 is 10.5. The van der Waals surface area contributed by atoms with E-state index in [1.165, 1.54) is 25.5 Å². The summed E-state index contributed by atoms with van der Waals surface area (Å²) in [7, 11) is 1.51. The number of methoxy groups -OCH3 is 1. The molecule has 0 bridgehead atoms. The summed E-state index contributed by atoms with van der Waals surface area (Å²) >= 11 is 0. The number of nitrogens with one attached hydrogen (secondary N) is 1. The van der Waals surface area contributed by atoms with Crippen molar-refractivity contribution in [2.75, 3.05) is 13.7 Å². The van der Waals surface area contributed by atoms with Crippen LogP contribution in [0.1, 0.15) is 25.3 Å². The quantitative estimate of drug-likeness (QED) is 0.424. The highest BCUT2D eigenvalue weighted by Crippen LogP contribution is 2.15. The van der Waals surface area contributed by atoms with Crippen LogP contribution in [-0.2, 0) is 16.0 Å². The van der Waals surface area contributed by atoms with Gasteiger partial charge >= 0.3 is 0 Å². The lowest BCUT2D eigenvalue weighted by Gasteiger charge is -2.16. The zero-order chi connectivity index (χ0) is 14.1. The molecule has 1 amide bonds. The molecule has 0 aromatic heterocycles. The lowest BCUT2D eigenvalue weighted by atomic mass is 10.1. The molecule has 106 valence electrons. The van der Waals surface area contributed by atoms with Crippen molar-refractivity contribution in [3.05, 3.63) is 29.8 Å². The minimum atomic E-state index is -0.739. The van der Waals surface area contributed by atoms with E-state index in [9.17, 15) is 4.79 Å². The molecule has 0 aliphatic carbocycles. The van der Waals surface area contributed by atoms with Crippen molar-refractivity contribution in [1.82, 2.24) is 5.43 Å². The van der Waals surface area contributed by atoms with Crippen LogP contribution in [0.3, 0.4) is 0 Å². The summed E-state index contributed by atoms with van der Waals surface area (Å²) in [5, 5.41) is 0. The predicted molar refractivity (Wildman–Crippen MR) is 73.7 cm³/mol. The molecule has 1 rings (SSSR count). The number of ether oxygens (including phenoxy) is 2. The maximum atomic E-state index is 11.5. The van der Waals surface area contributed by atoms with Crippen LogP contribution < -0.4 is 16.0 Å². The SMILES string of the molecule is CCCCc1ccc(OC(COC)C(=O)NN)cc1. The van der Waals surface area contributed by atoms with Crippen LogP contribution >= 0.6 is 0 Å². The second-order valence-electron chi connectivity index (χ2n) is 4.32. The number of hydrogen-bond acceptors (Lipinski definition) is 4. The minimum Gasteiger partial charge on any atom is -0.478 e.